The molecule has 100 valence electrons. The van der Waals surface area contributed by atoms with Gasteiger partial charge in [-0.3, -0.25) is 0 Å². The number of rotatable bonds is 3. The van der Waals surface area contributed by atoms with Gasteiger partial charge in [0, 0.05) is 24.3 Å². The van der Waals surface area contributed by atoms with Crippen LogP contribution in [0.15, 0.2) is 24.3 Å². The van der Waals surface area contributed by atoms with E-state index in [2.05, 4.69) is 33.0 Å². The fourth-order valence-corrected chi connectivity index (χ4v) is 3.41. The third-order valence-corrected chi connectivity index (χ3v) is 4.38. The molecule has 0 amide bonds. The summed E-state index contributed by atoms with van der Waals surface area (Å²) in [5, 5.41) is 15.2. The molecule has 1 aromatic carbocycles. The first kappa shape index (κ1) is 12.5. The summed E-state index contributed by atoms with van der Waals surface area (Å²) in [7, 11) is 1.85. The van der Waals surface area contributed by atoms with Gasteiger partial charge in [0.15, 0.2) is 5.82 Å². The van der Waals surface area contributed by atoms with Crippen molar-refractivity contribution in [3.05, 3.63) is 24.3 Å². The Morgan fingerprint density at radius 3 is 2.89 bits per heavy atom. The Morgan fingerprint density at radius 2 is 2.16 bits per heavy atom. The zero-order valence-electron chi connectivity index (χ0n) is 10.9. The minimum atomic E-state index is 0.592. The molecule has 1 saturated heterocycles. The van der Waals surface area contributed by atoms with E-state index >= 15 is 0 Å². The van der Waals surface area contributed by atoms with Gasteiger partial charge in [-0.2, -0.15) is 11.8 Å². The fraction of sp³-hybridized carbons (Fsp3) is 0.462. The van der Waals surface area contributed by atoms with Crippen molar-refractivity contribution < 1.29 is 0 Å². The molecule has 1 aliphatic rings. The number of aromatic nitrogens is 4. The van der Waals surface area contributed by atoms with Gasteiger partial charge >= 0.3 is 0 Å². The summed E-state index contributed by atoms with van der Waals surface area (Å²) in [4.78, 5) is 0. The zero-order chi connectivity index (χ0) is 13.1. The molecule has 19 heavy (non-hydrogen) atoms. The molecule has 0 spiro atoms. The predicted octanol–water partition coefficient (Wildman–Crippen LogP) is 2.18. The molecule has 0 unspecified atom stereocenters. The van der Waals surface area contributed by atoms with Crippen LogP contribution >= 0.6 is 11.8 Å². The second-order valence-electron chi connectivity index (χ2n) is 4.74. The van der Waals surface area contributed by atoms with E-state index in [0.29, 0.717) is 6.04 Å². The summed E-state index contributed by atoms with van der Waals surface area (Å²) < 4.78 is 1.69. The van der Waals surface area contributed by atoms with Crippen LogP contribution in [0.5, 0.6) is 0 Å². The van der Waals surface area contributed by atoms with Crippen LogP contribution in [-0.4, -0.2) is 37.8 Å². The van der Waals surface area contributed by atoms with Gasteiger partial charge in [0.05, 0.1) is 0 Å². The molecule has 6 heteroatoms. The Hall–Kier alpha value is -1.56. The van der Waals surface area contributed by atoms with E-state index in [4.69, 9.17) is 0 Å². The van der Waals surface area contributed by atoms with E-state index in [-0.39, 0.29) is 0 Å². The molecular formula is C13H17N5S. The summed E-state index contributed by atoms with van der Waals surface area (Å²) in [5.41, 5.74) is 2.19. The van der Waals surface area contributed by atoms with Gasteiger partial charge in [-0.15, -0.1) is 5.10 Å². The molecule has 3 rings (SSSR count). The van der Waals surface area contributed by atoms with Crippen molar-refractivity contribution in [2.75, 3.05) is 16.8 Å². The lowest BCUT2D eigenvalue weighted by atomic mass is 10.1. The second-order valence-corrected chi connectivity index (χ2v) is 5.96. The molecule has 1 fully saturated rings. The molecule has 5 nitrogen and oxygen atoms in total. The van der Waals surface area contributed by atoms with E-state index in [1.807, 2.05) is 30.9 Å². The first-order valence-corrected chi connectivity index (χ1v) is 7.65. The molecule has 2 heterocycles. The first-order chi connectivity index (χ1) is 9.33. The minimum absolute atomic E-state index is 0.592. The lowest BCUT2D eigenvalue weighted by Gasteiger charge is -2.23. The summed E-state index contributed by atoms with van der Waals surface area (Å²) in [6.07, 6.45) is 2.47. The highest BCUT2D eigenvalue weighted by Crippen LogP contribution is 2.24. The Kier molecular flexibility index (Phi) is 3.68. The molecule has 0 bridgehead atoms. The lowest BCUT2D eigenvalue weighted by molar-refractivity contribution is 0.667. The Labute approximate surface area is 116 Å². The Bertz CT molecular complexity index is 547. The van der Waals surface area contributed by atoms with Gasteiger partial charge in [0.25, 0.3) is 0 Å². The molecule has 1 aromatic heterocycles. The number of benzene rings is 1. The maximum atomic E-state index is 4.04. The zero-order valence-corrected chi connectivity index (χ0v) is 11.7. The van der Waals surface area contributed by atoms with E-state index in [9.17, 15) is 0 Å². The van der Waals surface area contributed by atoms with Gasteiger partial charge in [0.2, 0.25) is 0 Å². The smallest absolute Gasteiger partial charge is 0.181 e. The predicted molar refractivity (Wildman–Crippen MR) is 78.2 cm³/mol. The summed E-state index contributed by atoms with van der Waals surface area (Å²) in [5.74, 6) is 3.30. The first-order valence-electron chi connectivity index (χ1n) is 6.50. The largest absolute Gasteiger partial charge is 0.382 e. The third kappa shape index (κ3) is 2.89. The van der Waals surface area contributed by atoms with Crippen LogP contribution in [0.3, 0.4) is 0 Å². The van der Waals surface area contributed by atoms with Crippen LogP contribution in [0.2, 0.25) is 0 Å². The van der Waals surface area contributed by atoms with Crippen molar-refractivity contribution in [3.8, 4) is 11.4 Å². The van der Waals surface area contributed by atoms with Crippen molar-refractivity contribution >= 4 is 17.4 Å². The molecule has 1 N–H and O–H groups in total. The number of tetrazole rings is 1. The molecule has 0 aliphatic carbocycles. The quantitative estimate of drug-likeness (QED) is 0.930. The van der Waals surface area contributed by atoms with Crippen LogP contribution in [0.1, 0.15) is 12.8 Å². The van der Waals surface area contributed by atoms with Crippen molar-refractivity contribution in [1.29, 1.82) is 0 Å². The van der Waals surface area contributed by atoms with Crippen molar-refractivity contribution in [2.24, 2.45) is 7.05 Å². The van der Waals surface area contributed by atoms with Gasteiger partial charge in [-0.1, -0.05) is 12.1 Å². The highest BCUT2D eigenvalue weighted by Gasteiger charge is 2.14. The molecule has 0 atom stereocenters. The number of hydrogen-bond acceptors (Lipinski definition) is 5. The van der Waals surface area contributed by atoms with Crippen molar-refractivity contribution in [1.82, 2.24) is 20.2 Å². The van der Waals surface area contributed by atoms with Crippen molar-refractivity contribution in [3.63, 3.8) is 0 Å². The normalized spacial score (nSPS) is 16.5. The number of nitrogens with zero attached hydrogens (tertiary/aromatic N) is 4. The average molecular weight is 275 g/mol. The topological polar surface area (TPSA) is 55.6 Å². The fourth-order valence-electron chi connectivity index (χ4n) is 2.30. The monoisotopic (exact) mass is 275 g/mol. The number of anilines is 1. The summed E-state index contributed by atoms with van der Waals surface area (Å²) in [6, 6.07) is 8.90. The van der Waals surface area contributed by atoms with Crippen molar-refractivity contribution in [2.45, 2.75) is 18.9 Å². The molecule has 2 aromatic rings. The van der Waals surface area contributed by atoms with E-state index in [0.717, 1.165) is 17.1 Å². The maximum absolute atomic E-state index is 4.04. The number of thioether (sulfide) groups is 1. The van der Waals surface area contributed by atoms with Crippen LogP contribution in [-0.2, 0) is 7.05 Å². The van der Waals surface area contributed by atoms with Crippen LogP contribution < -0.4 is 5.32 Å². The second kappa shape index (κ2) is 5.61. The van der Waals surface area contributed by atoms with Gasteiger partial charge < -0.3 is 5.32 Å². The van der Waals surface area contributed by atoms with Crippen LogP contribution in [0, 0.1) is 0 Å². The molecule has 0 radical (unpaired) electrons. The van der Waals surface area contributed by atoms with E-state index in [1.165, 1.54) is 24.3 Å². The van der Waals surface area contributed by atoms with Crippen LogP contribution in [0.4, 0.5) is 5.69 Å². The molecule has 0 saturated carbocycles. The Morgan fingerprint density at radius 1 is 1.32 bits per heavy atom. The number of aryl methyl sites for hydroxylation is 1. The van der Waals surface area contributed by atoms with Gasteiger partial charge in [0.1, 0.15) is 0 Å². The van der Waals surface area contributed by atoms with Crippen LogP contribution in [0.25, 0.3) is 11.4 Å². The Balaban J connectivity index is 1.78. The highest BCUT2D eigenvalue weighted by molar-refractivity contribution is 7.99. The summed E-state index contributed by atoms with van der Waals surface area (Å²) >= 11 is 2.04. The van der Waals surface area contributed by atoms with Gasteiger partial charge in [-0.25, -0.2) is 4.68 Å². The maximum Gasteiger partial charge on any atom is 0.181 e. The number of nitrogens with one attached hydrogen (secondary N) is 1. The van der Waals surface area contributed by atoms with E-state index < -0.39 is 0 Å². The summed E-state index contributed by atoms with van der Waals surface area (Å²) in [6.45, 7) is 0. The number of hydrogen-bond donors (Lipinski definition) is 1. The molecular weight excluding hydrogens is 258 g/mol. The lowest BCUT2D eigenvalue weighted by Crippen LogP contribution is -2.24. The standard InChI is InChI=1S/C13H17N5S/c1-18-13(15-16-17-18)10-3-2-4-12(9-10)14-11-5-7-19-8-6-11/h2-4,9,11,14H,5-8H2,1H3. The average Bonchev–Trinajstić information content (AvgIpc) is 2.86. The van der Waals surface area contributed by atoms with Gasteiger partial charge in [-0.05, 0) is 46.9 Å². The SMILES string of the molecule is Cn1nnnc1-c1cccc(NC2CCSCC2)c1. The van der Waals surface area contributed by atoms with E-state index in [1.54, 1.807) is 4.68 Å². The molecule has 1 aliphatic heterocycles. The highest BCUT2D eigenvalue weighted by atomic mass is 32.2. The third-order valence-electron chi connectivity index (χ3n) is 3.33. The minimum Gasteiger partial charge on any atom is -0.382 e.